The Balaban J connectivity index is 1.98. The van der Waals surface area contributed by atoms with Crippen LogP contribution in [-0.2, 0) is 20.8 Å². The average Bonchev–Trinajstić information content (AvgIpc) is 2.80. The number of ether oxygens (including phenoxy) is 1. The summed E-state index contributed by atoms with van der Waals surface area (Å²) in [6.45, 7) is 1.93. The summed E-state index contributed by atoms with van der Waals surface area (Å²) in [5.41, 5.74) is 2.83. The van der Waals surface area contributed by atoms with E-state index in [1.54, 1.807) is 14.1 Å². The van der Waals surface area contributed by atoms with E-state index in [-0.39, 0.29) is 35.8 Å². The van der Waals surface area contributed by atoms with Crippen molar-refractivity contribution in [2.75, 3.05) is 35.3 Å². The first-order valence-electron chi connectivity index (χ1n) is 11.9. The number of nitrogens with two attached hydrogens (primary N) is 1. The molecule has 1 amide bonds. The predicted octanol–water partition coefficient (Wildman–Crippen LogP) is 0.595. The quantitative estimate of drug-likeness (QED) is 0.349. The van der Waals surface area contributed by atoms with Gasteiger partial charge in [0.25, 0.3) is 5.91 Å². The zero-order chi connectivity index (χ0) is 27.7. The van der Waals surface area contributed by atoms with Gasteiger partial charge in [0.1, 0.15) is 28.6 Å². The van der Waals surface area contributed by atoms with Crippen molar-refractivity contribution in [1.82, 2.24) is 9.80 Å². The minimum Gasteiger partial charge on any atom is -0.508 e. The number of aromatic hydroxyl groups is 1. The van der Waals surface area contributed by atoms with Gasteiger partial charge >= 0.3 is 0 Å². The van der Waals surface area contributed by atoms with Crippen molar-refractivity contribution in [3.63, 3.8) is 0 Å². The maximum absolute atomic E-state index is 13.9. The smallest absolute Gasteiger partial charge is 0.255 e. The van der Waals surface area contributed by atoms with Crippen LogP contribution in [0.1, 0.15) is 36.1 Å². The van der Waals surface area contributed by atoms with Gasteiger partial charge in [0.05, 0.1) is 18.7 Å². The number of amides is 1. The van der Waals surface area contributed by atoms with E-state index in [4.69, 9.17) is 10.5 Å². The molecule has 0 aliphatic heterocycles. The van der Waals surface area contributed by atoms with Crippen molar-refractivity contribution in [2.24, 2.45) is 17.6 Å². The van der Waals surface area contributed by atoms with E-state index in [9.17, 15) is 34.8 Å². The second-order valence-corrected chi connectivity index (χ2v) is 10.5. The lowest BCUT2D eigenvalue weighted by atomic mass is 9.57. The third kappa shape index (κ3) is 3.56. The number of Topliss-reactive ketones (excluding diaryl/α,β-unsaturated/α-hetero) is 2. The molecule has 4 rings (SSSR count). The first-order valence-corrected chi connectivity index (χ1v) is 11.9. The molecular formula is C26H33N3O8. The lowest BCUT2D eigenvalue weighted by Gasteiger charge is -2.50. The number of primary amides is 1. The normalized spacial score (nSPS) is 28.3. The maximum Gasteiger partial charge on any atom is 0.255 e. The molecule has 11 heteroatoms. The number of phenols is 1. The topological polar surface area (TPSA) is 174 Å². The lowest BCUT2D eigenvalue weighted by molar-refractivity contribution is -0.153. The number of phenolic OH excluding ortho intramolecular Hbond substituents is 1. The summed E-state index contributed by atoms with van der Waals surface area (Å²) in [5, 5.41) is 44.8. The highest BCUT2D eigenvalue weighted by Crippen LogP contribution is 2.54. The Morgan fingerprint density at radius 2 is 1.81 bits per heavy atom. The van der Waals surface area contributed by atoms with Crippen LogP contribution in [0.5, 0.6) is 11.5 Å². The highest BCUT2D eigenvalue weighted by molar-refractivity contribution is 6.24. The van der Waals surface area contributed by atoms with Crippen molar-refractivity contribution in [2.45, 2.75) is 37.5 Å². The van der Waals surface area contributed by atoms with E-state index in [0.717, 1.165) is 0 Å². The molecule has 37 heavy (non-hydrogen) atoms. The predicted molar refractivity (Wildman–Crippen MR) is 133 cm³/mol. The molecule has 1 aromatic rings. The number of hydrogen-bond donors (Lipinski definition) is 5. The molecule has 0 heterocycles. The second-order valence-electron chi connectivity index (χ2n) is 10.5. The molecule has 1 aromatic carbocycles. The average molecular weight is 516 g/mol. The monoisotopic (exact) mass is 515 g/mol. The third-order valence-corrected chi connectivity index (χ3v) is 8.13. The van der Waals surface area contributed by atoms with Crippen LogP contribution in [-0.4, -0.2) is 94.6 Å². The van der Waals surface area contributed by atoms with Crippen LogP contribution in [0.15, 0.2) is 23.0 Å². The number of ketones is 2. The number of rotatable bonds is 5. The van der Waals surface area contributed by atoms with E-state index < -0.39 is 58.0 Å². The van der Waals surface area contributed by atoms with Crippen molar-refractivity contribution >= 4 is 23.2 Å². The summed E-state index contributed by atoms with van der Waals surface area (Å²) in [6.07, 6.45) is 0.183. The van der Waals surface area contributed by atoms with E-state index in [0.29, 0.717) is 16.9 Å². The van der Waals surface area contributed by atoms with Gasteiger partial charge in [0.2, 0.25) is 5.78 Å². The Morgan fingerprint density at radius 3 is 2.32 bits per heavy atom. The highest BCUT2D eigenvalue weighted by Gasteiger charge is 2.64. The second kappa shape index (κ2) is 8.86. The van der Waals surface area contributed by atoms with E-state index >= 15 is 0 Å². The van der Waals surface area contributed by atoms with Crippen LogP contribution in [0.4, 0.5) is 0 Å². The van der Waals surface area contributed by atoms with Crippen LogP contribution < -0.4 is 10.5 Å². The minimum absolute atomic E-state index is 0.00263. The van der Waals surface area contributed by atoms with Gasteiger partial charge in [-0.2, -0.15) is 0 Å². The largest absolute Gasteiger partial charge is 0.508 e. The standard InChI is InChI=1S/C26H33N3O8/c1-10(28(2)3)12-9-15(30)17-13(22(12)37-6)7-11-8-14-19(29(4)5)21(32)18(25(27)35)24(34)26(14,36)23(33)16(11)20(17)31/h9-11,14,19,30-31,34,36H,7-8H2,1-6H3,(H2,27,35)/t10-,11-,14-,19-,26-/m0/s1. The number of benzene rings is 1. The number of likely N-dealkylation sites (N-methyl/N-ethyl adjacent to an activating group) is 1. The Morgan fingerprint density at radius 1 is 1.19 bits per heavy atom. The Labute approximate surface area is 214 Å². The van der Waals surface area contributed by atoms with Crippen LogP contribution in [0.2, 0.25) is 0 Å². The summed E-state index contributed by atoms with van der Waals surface area (Å²) < 4.78 is 5.72. The summed E-state index contributed by atoms with van der Waals surface area (Å²) in [4.78, 5) is 42.5. The zero-order valence-electron chi connectivity index (χ0n) is 21.7. The number of nitrogens with zero attached hydrogens (tertiary/aromatic N) is 2. The van der Waals surface area contributed by atoms with Crippen molar-refractivity contribution < 1.29 is 39.5 Å². The van der Waals surface area contributed by atoms with E-state index in [1.165, 1.54) is 18.1 Å². The Kier molecular flexibility index (Phi) is 6.38. The van der Waals surface area contributed by atoms with Gasteiger partial charge in [-0.15, -0.1) is 0 Å². The molecule has 6 N–H and O–H groups in total. The highest BCUT2D eigenvalue weighted by atomic mass is 16.5. The number of carbonyl (C=O) groups excluding carboxylic acids is 3. The number of carbonyl (C=O) groups is 3. The molecular weight excluding hydrogens is 482 g/mol. The number of hydrogen-bond acceptors (Lipinski definition) is 10. The summed E-state index contributed by atoms with van der Waals surface area (Å²) in [5.74, 6) is -6.37. The molecule has 3 aliphatic rings. The van der Waals surface area contributed by atoms with Crippen LogP contribution in [0, 0.1) is 11.8 Å². The van der Waals surface area contributed by atoms with E-state index in [1.807, 2.05) is 25.9 Å². The molecule has 200 valence electrons. The number of fused-ring (bicyclic) bond motifs is 3. The van der Waals surface area contributed by atoms with Gasteiger partial charge in [0, 0.05) is 28.7 Å². The van der Waals surface area contributed by atoms with Crippen LogP contribution in [0.3, 0.4) is 0 Å². The number of aliphatic hydroxyl groups excluding tert-OH is 2. The van der Waals surface area contributed by atoms with Crippen molar-refractivity contribution in [1.29, 1.82) is 0 Å². The fourth-order valence-electron chi connectivity index (χ4n) is 6.15. The molecule has 0 radical (unpaired) electrons. The van der Waals surface area contributed by atoms with Crippen LogP contribution >= 0.6 is 0 Å². The SMILES string of the molecule is COc1c([C@H](C)N(C)C)cc(O)c2c1C[C@H]1C[C@H]3[C@H](N(C)C)C(=O)C(C(N)=O)=C(O)[C@@]3(O)C(=O)C1=C2O. The van der Waals surface area contributed by atoms with E-state index in [2.05, 4.69) is 0 Å². The first kappa shape index (κ1) is 26.6. The number of methoxy groups -OCH3 is 1. The molecule has 11 nitrogen and oxygen atoms in total. The molecule has 0 aromatic heterocycles. The van der Waals surface area contributed by atoms with Gasteiger partial charge in [-0.05, 0) is 59.9 Å². The molecule has 0 spiro atoms. The molecule has 5 atom stereocenters. The first-order chi connectivity index (χ1) is 17.2. The lowest BCUT2D eigenvalue weighted by Crippen LogP contribution is -2.65. The molecule has 0 saturated heterocycles. The molecule has 0 bridgehead atoms. The van der Waals surface area contributed by atoms with Gasteiger partial charge in [-0.1, -0.05) is 0 Å². The zero-order valence-corrected chi connectivity index (χ0v) is 21.7. The van der Waals surface area contributed by atoms with Crippen molar-refractivity contribution in [3.05, 3.63) is 39.7 Å². The third-order valence-electron chi connectivity index (χ3n) is 8.13. The summed E-state index contributed by atoms with van der Waals surface area (Å²) >= 11 is 0. The summed E-state index contributed by atoms with van der Waals surface area (Å²) in [6, 6.07) is 0.182. The van der Waals surface area contributed by atoms with Gasteiger partial charge in [-0.25, -0.2) is 0 Å². The fraction of sp³-hybridized carbons (Fsp3) is 0.500. The molecule has 1 fully saturated rings. The molecule has 1 saturated carbocycles. The fourth-order valence-corrected chi connectivity index (χ4v) is 6.15. The van der Waals surface area contributed by atoms with Gasteiger partial charge in [-0.3, -0.25) is 19.3 Å². The number of aliphatic hydroxyl groups is 3. The Bertz CT molecular complexity index is 1280. The minimum atomic E-state index is -2.66. The molecule has 3 aliphatic carbocycles. The van der Waals surface area contributed by atoms with Crippen molar-refractivity contribution in [3.8, 4) is 11.5 Å². The molecule has 0 unspecified atom stereocenters. The summed E-state index contributed by atoms with van der Waals surface area (Å²) in [7, 11) is 8.35. The Hall–Kier alpha value is -3.41. The van der Waals surface area contributed by atoms with Crippen LogP contribution in [0.25, 0.3) is 5.76 Å². The maximum atomic E-state index is 13.9. The van der Waals surface area contributed by atoms with Gasteiger partial charge in [0.15, 0.2) is 11.4 Å². The van der Waals surface area contributed by atoms with Gasteiger partial charge < -0.3 is 35.8 Å².